The van der Waals surface area contributed by atoms with Gasteiger partial charge in [0, 0.05) is 5.69 Å². The minimum absolute atomic E-state index is 0.130. The summed E-state index contributed by atoms with van der Waals surface area (Å²) in [4.78, 5) is 23.0. The number of amides is 1. The van der Waals surface area contributed by atoms with Crippen molar-refractivity contribution in [3.8, 4) is 0 Å². The Hall–Kier alpha value is -1.84. The van der Waals surface area contributed by atoms with Gasteiger partial charge in [-0.05, 0) is 11.6 Å². The molecule has 4 nitrogen and oxygen atoms in total. The number of esters is 1. The summed E-state index contributed by atoms with van der Waals surface area (Å²) in [5, 5.41) is 2.78. The second kappa shape index (κ2) is 2.59. The van der Waals surface area contributed by atoms with Crippen molar-refractivity contribution in [1.29, 1.82) is 0 Å². The van der Waals surface area contributed by atoms with E-state index in [1.54, 1.807) is 0 Å². The number of benzene rings is 1. The summed E-state index contributed by atoms with van der Waals surface area (Å²) in [5.41, 5.74) is 0.898. The molecule has 1 unspecified atom stereocenters. The van der Waals surface area contributed by atoms with Crippen LogP contribution in [0.3, 0.4) is 0 Å². The number of rotatable bonds is 0. The van der Waals surface area contributed by atoms with Crippen LogP contribution in [0.4, 0.5) is 5.69 Å². The second-order valence-electron chi connectivity index (χ2n) is 3.92. The highest BCUT2D eigenvalue weighted by Gasteiger charge is 2.53. The van der Waals surface area contributed by atoms with E-state index in [1.165, 1.54) is 0 Å². The molecule has 0 aromatic heterocycles. The quantitative estimate of drug-likeness (QED) is 0.635. The van der Waals surface area contributed by atoms with E-state index in [4.69, 9.17) is 4.74 Å². The Morgan fingerprint density at radius 3 is 2.80 bits per heavy atom. The Kier molecular flexibility index (Phi) is 1.46. The molecule has 1 aromatic carbocycles. The van der Waals surface area contributed by atoms with E-state index in [0.29, 0.717) is 0 Å². The average molecular weight is 203 g/mol. The zero-order chi connectivity index (χ0) is 10.5. The number of fused-ring (bicyclic) bond motifs is 2. The number of carbonyl (C=O) groups excluding carboxylic acids is 2. The summed E-state index contributed by atoms with van der Waals surface area (Å²) in [6.07, 6.45) is 0.149. The van der Waals surface area contributed by atoms with Gasteiger partial charge in [0.1, 0.15) is 12.0 Å². The maximum absolute atomic E-state index is 11.9. The summed E-state index contributed by atoms with van der Waals surface area (Å²) in [7, 11) is 0. The molecule has 76 valence electrons. The van der Waals surface area contributed by atoms with Gasteiger partial charge < -0.3 is 10.1 Å². The van der Waals surface area contributed by atoms with E-state index in [9.17, 15) is 9.59 Å². The lowest BCUT2D eigenvalue weighted by molar-refractivity contribution is -0.137. The zero-order valence-electron chi connectivity index (χ0n) is 7.95. The van der Waals surface area contributed by atoms with Gasteiger partial charge in [-0.15, -0.1) is 0 Å². The van der Waals surface area contributed by atoms with Crippen molar-refractivity contribution in [2.45, 2.75) is 11.8 Å². The third kappa shape index (κ3) is 0.960. The molecule has 1 spiro atoms. The van der Waals surface area contributed by atoms with Crippen LogP contribution in [0.25, 0.3) is 0 Å². The molecule has 3 rings (SSSR count). The fourth-order valence-corrected chi connectivity index (χ4v) is 2.24. The predicted octanol–water partition coefficient (Wildman–Crippen LogP) is 0.823. The largest absolute Gasteiger partial charge is 0.464 e. The first kappa shape index (κ1) is 8.47. The van der Waals surface area contributed by atoms with Crippen LogP contribution in [0.15, 0.2) is 24.3 Å². The van der Waals surface area contributed by atoms with Crippen molar-refractivity contribution in [3.05, 3.63) is 29.8 Å². The molecular weight excluding hydrogens is 194 g/mol. The van der Waals surface area contributed by atoms with E-state index in [-0.39, 0.29) is 24.9 Å². The minimum Gasteiger partial charge on any atom is -0.464 e. The molecule has 2 heterocycles. The Morgan fingerprint density at radius 2 is 2.07 bits per heavy atom. The van der Waals surface area contributed by atoms with Gasteiger partial charge in [-0.2, -0.15) is 0 Å². The van der Waals surface area contributed by atoms with Gasteiger partial charge in [-0.1, -0.05) is 18.2 Å². The smallest absolute Gasteiger partial charge is 0.307 e. The van der Waals surface area contributed by atoms with Crippen LogP contribution in [0.2, 0.25) is 0 Å². The number of carbonyl (C=O) groups is 2. The second-order valence-corrected chi connectivity index (χ2v) is 3.92. The predicted molar refractivity (Wildman–Crippen MR) is 52.3 cm³/mol. The molecule has 1 saturated heterocycles. The Balaban J connectivity index is 2.17. The number of cyclic esters (lactones) is 1. The number of anilines is 1. The van der Waals surface area contributed by atoms with Crippen LogP contribution in [0.1, 0.15) is 12.0 Å². The Labute approximate surface area is 86.2 Å². The van der Waals surface area contributed by atoms with Gasteiger partial charge in [0.05, 0.1) is 6.42 Å². The van der Waals surface area contributed by atoms with Crippen LogP contribution in [-0.2, 0) is 19.7 Å². The van der Waals surface area contributed by atoms with E-state index in [2.05, 4.69) is 5.32 Å². The number of para-hydroxylation sites is 1. The first-order valence-corrected chi connectivity index (χ1v) is 4.79. The lowest BCUT2D eigenvalue weighted by Gasteiger charge is -2.16. The molecule has 0 aliphatic carbocycles. The molecule has 0 radical (unpaired) electrons. The first-order valence-electron chi connectivity index (χ1n) is 4.79. The van der Waals surface area contributed by atoms with Crippen LogP contribution in [-0.4, -0.2) is 18.5 Å². The topological polar surface area (TPSA) is 55.4 Å². The summed E-state index contributed by atoms with van der Waals surface area (Å²) in [6, 6.07) is 7.43. The monoisotopic (exact) mass is 203 g/mol. The fourth-order valence-electron chi connectivity index (χ4n) is 2.24. The summed E-state index contributed by atoms with van der Waals surface area (Å²) in [6.45, 7) is 0.161. The van der Waals surface area contributed by atoms with Gasteiger partial charge in [-0.3, -0.25) is 9.59 Å². The lowest BCUT2D eigenvalue weighted by atomic mass is 9.81. The number of ether oxygens (including phenoxy) is 1. The van der Waals surface area contributed by atoms with Crippen molar-refractivity contribution in [3.63, 3.8) is 0 Å². The molecule has 1 atom stereocenters. The maximum atomic E-state index is 11.9. The van der Waals surface area contributed by atoms with Gasteiger partial charge in [-0.25, -0.2) is 0 Å². The van der Waals surface area contributed by atoms with E-state index in [1.807, 2.05) is 24.3 Å². The molecule has 4 heteroatoms. The molecular formula is C11H9NO3. The van der Waals surface area contributed by atoms with Crippen molar-refractivity contribution >= 4 is 17.6 Å². The number of hydrogen-bond acceptors (Lipinski definition) is 3. The van der Waals surface area contributed by atoms with Crippen molar-refractivity contribution < 1.29 is 14.3 Å². The number of nitrogens with one attached hydrogen (secondary N) is 1. The molecule has 1 amide bonds. The highest BCUT2D eigenvalue weighted by molar-refractivity contribution is 6.09. The third-order valence-corrected chi connectivity index (χ3v) is 3.05. The van der Waals surface area contributed by atoms with Crippen LogP contribution in [0, 0.1) is 0 Å². The van der Waals surface area contributed by atoms with Crippen LogP contribution in [0.5, 0.6) is 0 Å². The molecule has 2 aliphatic rings. The van der Waals surface area contributed by atoms with Crippen LogP contribution >= 0.6 is 0 Å². The highest BCUT2D eigenvalue weighted by atomic mass is 16.5. The van der Waals surface area contributed by atoms with Crippen molar-refractivity contribution in [2.75, 3.05) is 11.9 Å². The molecule has 2 aliphatic heterocycles. The molecule has 0 bridgehead atoms. The third-order valence-electron chi connectivity index (χ3n) is 3.05. The molecule has 1 aromatic rings. The molecule has 0 saturated carbocycles. The van der Waals surface area contributed by atoms with Gasteiger partial charge in [0.2, 0.25) is 5.91 Å². The van der Waals surface area contributed by atoms with Gasteiger partial charge in [0.25, 0.3) is 0 Å². The zero-order valence-corrected chi connectivity index (χ0v) is 7.95. The maximum Gasteiger partial charge on any atom is 0.307 e. The fraction of sp³-hybridized carbons (Fsp3) is 0.273. The summed E-state index contributed by atoms with van der Waals surface area (Å²) >= 11 is 0. The SMILES string of the molecule is O=C1CC2(CO1)C(=O)Nc1ccccc12. The summed E-state index contributed by atoms with van der Waals surface area (Å²) in [5.74, 6) is -0.434. The first-order chi connectivity index (χ1) is 7.22. The van der Waals surface area contributed by atoms with Crippen molar-refractivity contribution in [1.82, 2.24) is 0 Å². The van der Waals surface area contributed by atoms with E-state index < -0.39 is 5.41 Å². The molecule has 1 fully saturated rings. The van der Waals surface area contributed by atoms with Crippen molar-refractivity contribution in [2.24, 2.45) is 0 Å². The van der Waals surface area contributed by atoms with E-state index in [0.717, 1.165) is 11.3 Å². The molecule has 1 N–H and O–H groups in total. The standard InChI is InChI=1S/C11H9NO3/c13-9-5-11(6-15-9)7-3-1-2-4-8(7)12-10(11)14/h1-4H,5-6H2,(H,12,14). The lowest BCUT2D eigenvalue weighted by Crippen LogP contribution is -2.34. The minimum atomic E-state index is -0.770. The molecule has 15 heavy (non-hydrogen) atoms. The number of hydrogen-bond donors (Lipinski definition) is 1. The Morgan fingerprint density at radius 1 is 1.27 bits per heavy atom. The highest BCUT2D eigenvalue weighted by Crippen LogP contribution is 2.43. The Bertz CT molecular complexity index is 469. The van der Waals surface area contributed by atoms with E-state index >= 15 is 0 Å². The van der Waals surface area contributed by atoms with Crippen LogP contribution < -0.4 is 5.32 Å². The van der Waals surface area contributed by atoms with Gasteiger partial charge in [0.15, 0.2) is 0 Å². The van der Waals surface area contributed by atoms with Gasteiger partial charge >= 0.3 is 5.97 Å². The summed E-state index contributed by atoms with van der Waals surface area (Å²) < 4.78 is 4.92. The average Bonchev–Trinajstić information content (AvgIpc) is 2.73. The normalized spacial score (nSPS) is 27.7.